The van der Waals surface area contributed by atoms with Crippen LogP contribution in [0, 0.1) is 0 Å². The van der Waals surface area contributed by atoms with Gasteiger partial charge in [-0.3, -0.25) is 9.69 Å². The zero-order valence-corrected chi connectivity index (χ0v) is 18.3. The molecule has 1 heterocycles. The van der Waals surface area contributed by atoms with Gasteiger partial charge in [0.2, 0.25) is 10.0 Å². The summed E-state index contributed by atoms with van der Waals surface area (Å²) in [7, 11) is -2.33. The molecule has 8 heteroatoms. The van der Waals surface area contributed by atoms with Crippen LogP contribution in [0.3, 0.4) is 0 Å². The third-order valence-corrected chi connectivity index (χ3v) is 6.63. The largest absolute Gasteiger partial charge is 0.495 e. The minimum Gasteiger partial charge on any atom is -0.495 e. The smallest absolute Gasteiger partial charge is 0.253 e. The maximum Gasteiger partial charge on any atom is 0.253 e. The number of sulfonamides is 1. The zero-order valence-electron chi connectivity index (χ0n) is 17.5. The molecule has 3 rings (SSSR count). The van der Waals surface area contributed by atoms with E-state index in [1.54, 1.807) is 17.0 Å². The van der Waals surface area contributed by atoms with Crippen LogP contribution < -0.4 is 9.46 Å². The number of nitrogens with one attached hydrogen (secondary N) is 1. The molecule has 2 aromatic rings. The first-order chi connectivity index (χ1) is 14.4. The molecule has 1 saturated heterocycles. The second-order valence-electron chi connectivity index (χ2n) is 7.32. The van der Waals surface area contributed by atoms with Gasteiger partial charge in [-0.05, 0) is 30.2 Å². The number of ether oxygens (including phenoxy) is 1. The van der Waals surface area contributed by atoms with Crippen molar-refractivity contribution in [3.8, 4) is 5.75 Å². The highest BCUT2D eigenvalue weighted by Gasteiger charge is 2.25. The highest BCUT2D eigenvalue weighted by Crippen LogP contribution is 2.25. The Kier molecular flexibility index (Phi) is 7.47. The number of hydrogen-bond donors (Lipinski definition) is 1. The van der Waals surface area contributed by atoms with Crippen LogP contribution in [0.2, 0.25) is 0 Å². The first kappa shape index (κ1) is 22.3. The quantitative estimate of drug-likeness (QED) is 0.694. The van der Waals surface area contributed by atoms with Crippen molar-refractivity contribution < 1.29 is 17.9 Å². The van der Waals surface area contributed by atoms with Crippen molar-refractivity contribution in [2.24, 2.45) is 0 Å². The topological polar surface area (TPSA) is 79.0 Å². The van der Waals surface area contributed by atoms with E-state index in [0.29, 0.717) is 31.6 Å². The maximum absolute atomic E-state index is 13.0. The van der Waals surface area contributed by atoms with Crippen molar-refractivity contribution >= 4 is 15.9 Å². The molecule has 0 aliphatic carbocycles. The van der Waals surface area contributed by atoms with Crippen LogP contribution in [0.25, 0.3) is 0 Å². The van der Waals surface area contributed by atoms with Crippen molar-refractivity contribution in [2.45, 2.75) is 24.8 Å². The number of rotatable bonds is 8. The summed E-state index contributed by atoms with van der Waals surface area (Å²) in [6.07, 6.45) is 0.674. The summed E-state index contributed by atoms with van der Waals surface area (Å²) >= 11 is 0. The standard InChI is InChI=1S/C22H29N3O4S/c1-3-11-23-30(27,28)21-16-19(9-10-20(21)29-2)22(26)25-14-12-24(13-15-25)17-18-7-5-4-6-8-18/h4-10,16,23H,3,11-15,17H2,1-2H3. The average Bonchev–Trinajstić information content (AvgIpc) is 2.78. The molecule has 7 nitrogen and oxygen atoms in total. The van der Waals surface area contributed by atoms with Gasteiger partial charge in [-0.2, -0.15) is 0 Å². The van der Waals surface area contributed by atoms with E-state index in [1.165, 1.54) is 18.7 Å². The molecule has 30 heavy (non-hydrogen) atoms. The predicted molar refractivity (Wildman–Crippen MR) is 116 cm³/mol. The summed E-state index contributed by atoms with van der Waals surface area (Å²) < 4.78 is 33.0. The number of nitrogens with zero attached hydrogens (tertiary/aromatic N) is 2. The summed E-state index contributed by atoms with van der Waals surface area (Å²) in [5.41, 5.74) is 1.60. The number of methoxy groups -OCH3 is 1. The highest BCUT2D eigenvalue weighted by atomic mass is 32.2. The van der Waals surface area contributed by atoms with Crippen molar-refractivity contribution in [3.05, 3.63) is 59.7 Å². The van der Waals surface area contributed by atoms with Crippen molar-refractivity contribution in [1.82, 2.24) is 14.5 Å². The molecule has 0 saturated carbocycles. The Bertz CT molecular complexity index is 956. The van der Waals surface area contributed by atoms with E-state index in [2.05, 4.69) is 21.8 Å². The molecule has 162 valence electrons. The van der Waals surface area contributed by atoms with Gasteiger partial charge in [0.25, 0.3) is 5.91 Å². The van der Waals surface area contributed by atoms with E-state index in [1.807, 2.05) is 25.1 Å². The number of hydrogen-bond acceptors (Lipinski definition) is 5. The summed E-state index contributed by atoms with van der Waals surface area (Å²) in [5, 5.41) is 0. The van der Waals surface area contributed by atoms with E-state index in [0.717, 1.165) is 19.6 Å². The van der Waals surface area contributed by atoms with E-state index in [-0.39, 0.29) is 16.6 Å². The van der Waals surface area contributed by atoms with Gasteiger partial charge in [-0.15, -0.1) is 0 Å². The van der Waals surface area contributed by atoms with Gasteiger partial charge in [0.1, 0.15) is 10.6 Å². The SMILES string of the molecule is CCCNS(=O)(=O)c1cc(C(=O)N2CCN(Cc3ccccc3)CC2)ccc1OC. The molecule has 1 aliphatic rings. The number of benzene rings is 2. The fourth-order valence-corrected chi connectivity index (χ4v) is 4.79. The van der Waals surface area contributed by atoms with Crippen LogP contribution in [0.5, 0.6) is 5.75 Å². The summed E-state index contributed by atoms with van der Waals surface area (Å²) in [6, 6.07) is 14.8. The van der Waals surface area contributed by atoms with E-state index in [4.69, 9.17) is 4.74 Å². The molecule has 0 bridgehead atoms. The van der Waals surface area contributed by atoms with Gasteiger partial charge in [-0.25, -0.2) is 13.1 Å². The Morgan fingerprint density at radius 3 is 2.40 bits per heavy atom. The lowest BCUT2D eigenvalue weighted by atomic mass is 10.1. The fourth-order valence-electron chi connectivity index (χ4n) is 3.47. The number of amides is 1. The predicted octanol–water partition coefficient (Wildman–Crippen LogP) is 2.34. The molecule has 1 aliphatic heterocycles. The van der Waals surface area contributed by atoms with Crippen LogP contribution in [0.4, 0.5) is 0 Å². The molecule has 1 fully saturated rings. The van der Waals surface area contributed by atoms with Gasteiger partial charge < -0.3 is 9.64 Å². The van der Waals surface area contributed by atoms with E-state index < -0.39 is 10.0 Å². The zero-order chi connectivity index (χ0) is 21.6. The molecule has 1 N–H and O–H groups in total. The Morgan fingerprint density at radius 1 is 1.07 bits per heavy atom. The molecular weight excluding hydrogens is 402 g/mol. The second kappa shape index (κ2) is 10.1. The highest BCUT2D eigenvalue weighted by molar-refractivity contribution is 7.89. The normalized spacial score (nSPS) is 15.2. The molecule has 2 aromatic carbocycles. The first-order valence-electron chi connectivity index (χ1n) is 10.2. The summed E-state index contributed by atoms with van der Waals surface area (Å²) in [4.78, 5) is 17.1. The Morgan fingerprint density at radius 2 is 1.77 bits per heavy atom. The lowest BCUT2D eigenvalue weighted by molar-refractivity contribution is 0.0628. The minimum absolute atomic E-state index is 0.00739. The van der Waals surface area contributed by atoms with Crippen LogP contribution in [-0.4, -0.2) is 64.0 Å². The Hall–Kier alpha value is -2.42. The van der Waals surface area contributed by atoms with Gasteiger partial charge in [0, 0.05) is 44.8 Å². The van der Waals surface area contributed by atoms with E-state index in [9.17, 15) is 13.2 Å². The Balaban J connectivity index is 1.69. The van der Waals surface area contributed by atoms with Crippen molar-refractivity contribution in [3.63, 3.8) is 0 Å². The molecule has 0 atom stereocenters. The summed E-state index contributed by atoms with van der Waals surface area (Å²) in [6.45, 7) is 5.84. The van der Waals surface area contributed by atoms with Gasteiger partial charge in [0.15, 0.2) is 0 Å². The number of carbonyl (C=O) groups is 1. The second-order valence-corrected chi connectivity index (χ2v) is 9.05. The average molecular weight is 432 g/mol. The fraction of sp³-hybridized carbons (Fsp3) is 0.409. The van der Waals surface area contributed by atoms with Gasteiger partial charge in [0.05, 0.1) is 7.11 Å². The lowest BCUT2D eigenvalue weighted by Crippen LogP contribution is -2.48. The molecule has 0 aromatic heterocycles. The van der Waals surface area contributed by atoms with Crippen LogP contribution in [0.1, 0.15) is 29.3 Å². The van der Waals surface area contributed by atoms with Crippen LogP contribution in [-0.2, 0) is 16.6 Å². The van der Waals surface area contributed by atoms with Crippen molar-refractivity contribution in [1.29, 1.82) is 0 Å². The van der Waals surface area contributed by atoms with E-state index >= 15 is 0 Å². The monoisotopic (exact) mass is 431 g/mol. The Labute approximate surface area is 178 Å². The van der Waals surface area contributed by atoms with Gasteiger partial charge >= 0.3 is 0 Å². The summed E-state index contributed by atoms with van der Waals surface area (Å²) in [5.74, 6) is 0.0618. The van der Waals surface area contributed by atoms with Crippen molar-refractivity contribution in [2.75, 3.05) is 39.8 Å². The maximum atomic E-state index is 13.0. The molecular formula is C22H29N3O4S. The minimum atomic E-state index is -3.75. The molecule has 1 amide bonds. The lowest BCUT2D eigenvalue weighted by Gasteiger charge is -2.34. The van der Waals surface area contributed by atoms with Crippen LogP contribution in [0.15, 0.2) is 53.4 Å². The third kappa shape index (κ3) is 5.38. The van der Waals surface area contributed by atoms with Gasteiger partial charge in [-0.1, -0.05) is 37.3 Å². The first-order valence-corrected chi connectivity index (χ1v) is 11.7. The molecule has 0 unspecified atom stereocenters. The number of piperazine rings is 1. The third-order valence-electron chi connectivity index (χ3n) is 5.15. The molecule has 0 radical (unpaired) electrons. The van der Waals surface area contributed by atoms with Crippen LogP contribution >= 0.6 is 0 Å². The molecule has 0 spiro atoms. The number of carbonyl (C=O) groups excluding carboxylic acids is 1.